The highest BCUT2D eigenvalue weighted by atomic mass is 79.9. The van der Waals surface area contributed by atoms with Gasteiger partial charge in [-0.15, -0.1) is 0 Å². The average Bonchev–Trinajstić information content (AvgIpc) is 3.15. The lowest BCUT2D eigenvalue weighted by Gasteiger charge is -2.33. The number of aromatic nitrogens is 2. The molecule has 1 N–H and O–H groups in total. The summed E-state index contributed by atoms with van der Waals surface area (Å²) < 4.78 is 14.6. The van der Waals surface area contributed by atoms with Crippen LogP contribution in [-0.2, 0) is 14.7 Å². The Kier molecular flexibility index (Phi) is 6.90. The first-order valence-corrected chi connectivity index (χ1v) is 10.2. The van der Waals surface area contributed by atoms with Crippen LogP contribution in [0.2, 0.25) is 0 Å². The maximum atomic E-state index is 9.89. The Hall–Kier alpha value is -1.43. The summed E-state index contributed by atoms with van der Waals surface area (Å²) in [4.78, 5) is 4.44. The molecule has 2 heterocycles. The SMILES string of the molecule is CC([Si])(OC1CCCCO1)c1nccn1C(C#Cc1ccc(Br)cc1)CO. The molecule has 7 heteroatoms. The Morgan fingerprint density at radius 2 is 2.22 bits per heavy atom. The largest absolute Gasteiger partial charge is 0.393 e. The predicted molar refractivity (Wildman–Crippen MR) is 107 cm³/mol. The summed E-state index contributed by atoms with van der Waals surface area (Å²) in [5, 5.41) is 9.04. The van der Waals surface area contributed by atoms with E-state index in [0.29, 0.717) is 12.4 Å². The van der Waals surface area contributed by atoms with Gasteiger partial charge in [-0.1, -0.05) is 27.8 Å². The van der Waals surface area contributed by atoms with Crippen LogP contribution in [0.4, 0.5) is 0 Å². The maximum Gasteiger partial charge on any atom is 0.158 e. The third-order valence-electron chi connectivity index (χ3n) is 4.34. The maximum absolute atomic E-state index is 9.89. The van der Waals surface area contributed by atoms with Gasteiger partial charge in [0.15, 0.2) is 6.29 Å². The normalized spacial score (nSPS) is 20.4. The number of imidazole rings is 1. The molecule has 0 spiro atoms. The highest BCUT2D eigenvalue weighted by Crippen LogP contribution is 2.27. The molecule has 1 aromatic carbocycles. The van der Waals surface area contributed by atoms with Crippen LogP contribution in [0.5, 0.6) is 0 Å². The van der Waals surface area contributed by atoms with Crippen molar-refractivity contribution < 1.29 is 14.6 Å². The van der Waals surface area contributed by atoms with Gasteiger partial charge in [-0.3, -0.25) is 0 Å². The van der Waals surface area contributed by atoms with E-state index in [2.05, 4.69) is 43.0 Å². The molecular formula is C20H22BrN2O3Si. The van der Waals surface area contributed by atoms with Crippen LogP contribution in [0.25, 0.3) is 0 Å². The van der Waals surface area contributed by atoms with Crippen molar-refractivity contribution in [3.63, 3.8) is 0 Å². The number of nitrogens with zero attached hydrogens (tertiary/aromatic N) is 2. The molecular weight excluding hydrogens is 424 g/mol. The van der Waals surface area contributed by atoms with Gasteiger partial charge in [0.2, 0.25) is 0 Å². The van der Waals surface area contributed by atoms with Crippen molar-refractivity contribution in [2.24, 2.45) is 0 Å². The van der Waals surface area contributed by atoms with Crippen molar-refractivity contribution >= 4 is 26.2 Å². The molecule has 0 saturated carbocycles. The van der Waals surface area contributed by atoms with Gasteiger partial charge in [0.05, 0.1) is 16.8 Å². The van der Waals surface area contributed by atoms with Gasteiger partial charge in [0.1, 0.15) is 17.1 Å². The standard InChI is InChI=1S/C20H22BrN2O3Si/c1-20(27,26-18-4-2-3-13-25-18)19-22-11-12-23(19)17(14-24)10-7-15-5-8-16(21)9-6-15/h5-6,8-9,11-12,17-18,24H,2-4,13-14H2,1H3. The fourth-order valence-corrected chi connectivity index (χ4v) is 3.55. The Morgan fingerprint density at radius 1 is 1.44 bits per heavy atom. The molecule has 1 aliphatic heterocycles. The fraction of sp³-hybridized carbons (Fsp3) is 0.450. The molecule has 5 nitrogen and oxygen atoms in total. The van der Waals surface area contributed by atoms with E-state index in [0.717, 1.165) is 29.3 Å². The van der Waals surface area contributed by atoms with Crippen LogP contribution < -0.4 is 0 Å². The van der Waals surface area contributed by atoms with Gasteiger partial charge in [0, 0.05) is 29.0 Å². The number of halogens is 1. The molecule has 0 amide bonds. The Morgan fingerprint density at radius 3 is 2.89 bits per heavy atom. The molecule has 0 aliphatic carbocycles. The van der Waals surface area contributed by atoms with E-state index < -0.39 is 11.3 Å². The second kappa shape index (κ2) is 9.17. The van der Waals surface area contributed by atoms with Crippen LogP contribution in [0, 0.1) is 11.8 Å². The zero-order valence-electron chi connectivity index (χ0n) is 15.2. The Bertz CT molecular complexity index is 805. The summed E-state index contributed by atoms with van der Waals surface area (Å²) >= 11 is 3.41. The first-order chi connectivity index (χ1) is 13.0. The average molecular weight is 446 g/mol. The molecule has 3 unspecified atom stereocenters. The van der Waals surface area contributed by atoms with E-state index in [4.69, 9.17) is 9.47 Å². The van der Waals surface area contributed by atoms with Crippen molar-refractivity contribution in [1.82, 2.24) is 9.55 Å². The van der Waals surface area contributed by atoms with Crippen LogP contribution in [0.3, 0.4) is 0 Å². The number of benzene rings is 1. The van der Waals surface area contributed by atoms with Gasteiger partial charge in [-0.2, -0.15) is 0 Å². The Labute approximate surface area is 171 Å². The molecule has 1 saturated heterocycles. The monoisotopic (exact) mass is 445 g/mol. The molecule has 3 radical (unpaired) electrons. The van der Waals surface area contributed by atoms with E-state index >= 15 is 0 Å². The third-order valence-corrected chi connectivity index (χ3v) is 5.21. The lowest BCUT2D eigenvalue weighted by molar-refractivity contribution is -0.202. The Balaban J connectivity index is 1.80. The summed E-state index contributed by atoms with van der Waals surface area (Å²) in [6, 6.07) is 7.30. The predicted octanol–water partition coefficient (Wildman–Crippen LogP) is 3.12. The first kappa shape index (κ1) is 20.3. The lowest BCUT2D eigenvalue weighted by atomic mass is 10.2. The summed E-state index contributed by atoms with van der Waals surface area (Å²) in [6.45, 7) is 2.46. The second-order valence-corrected chi connectivity index (χ2v) is 8.45. The van der Waals surface area contributed by atoms with Gasteiger partial charge in [-0.25, -0.2) is 4.98 Å². The van der Waals surface area contributed by atoms with Crippen molar-refractivity contribution in [2.75, 3.05) is 13.2 Å². The van der Waals surface area contributed by atoms with Crippen molar-refractivity contribution in [1.29, 1.82) is 0 Å². The van der Waals surface area contributed by atoms with Crippen LogP contribution in [0.1, 0.15) is 43.6 Å². The molecule has 3 rings (SSSR count). The molecule has 3 atom stereocenters. The summed E-state index contributed by atoms with van der Waals surface area (Å²) in [6.07, 6.45) is 6.21. The molecule has 1 aliphatic rings. The van der Waals surface area contributed by atoms with Crippen molar-refractivity contribution in [3.8, 4) is 11.8 Å². The van der Waals surface area contributed by atoms with E-state index in [9.17, 15) is 5.11 Å². The fourth-order valence-electron chi connectivity index (χ4n) is 2.96. The highest BCUT2D eigenvalue weighted by molar-refractivity contribution is 9.10. The van der Waals surface area contributed by atoms with Crippen LogP contribution in [0.15, 0.2) is 41.1 Å². The number of ether oxygens (including phenoxy) is 2. The number of rotatable bonds is 5. The van der Waals surface area contributed by atoms with E-state index in [-0.39, 0.29) is 12.9 Å². The summed E-state index contributed by atoms with van der Waals surface area (Å²) in [5.41, 5.74) is 0.881. The molecule has 1 aromatic heterocycles. The van der Waals surface area contributed by atoms with Gasteiger partial charge >= 0.3 is 0 Å². The molecule has 2 aromatic rings. The second-order valence-electron chi connectivity index (χ2n) is 6.58. The van der Waals surface area contributed by atoms with E-state index in [1.165, 1.54) is 0 Å². The number of aliphatic hydroxyl groups is 1. The minimum absolute atomic E-state index is 0.130. The van der Waals surface area contributed by atoms with Gasteiger partial charge < -0.3 is 19.1 Å². The van der Waals surface area contributed by atoms with Gasteiger partial charge in [0.25, 0.3) is 0 Å². The van der Waals surface area contributed by atoms with Crippen molar-refractivity contribution in [3.05, 3.63) is 52.5 Å². The smallest absolute Gasteiger partial charge is 0.158 e. The number of hydrogen-bond acceptors (Lipinski definition) is 4. The molecule has 0 bridgehead atoms. The highest BCUT2D eigenvalue weighted by Gasteiger charge is 2.32. The number of aliphatic hydroxyl groups excluding tert-OH is 1. The van der Waals surface area contributed by atoms with Gasteiger partial charge in [-0.05, 0) is 50.5 Å². The zero-order valence-corrected chi connectivity index (χ0v) is 17.8. The molecule has 141 valence electrons. The quantitative estimate of drug-likeness (QED) is 0.567. The lowest BCUT2D eigenvalue weighted by Crippen LogP contribution is -2.38. The summed E-state index contributed by atoms with van der Waals surface area (Å²) in [5.74, 6) is 6.87. The zero-order chi connectivity index (χ0) is 19.3. The van der Waals surface area contributed by atoms with E-state index in [1.54, 1.807) is 12.4 Å². The summed E-state index contributed by atoms with van der Waals surface area (Å²) in [7, 11) is 3.70. The molecule has 27 heavy (non-hydrogen) atoms. The van der Waals surface area contributed by atoms with Crippen LogP contribution >= 0.6 is 15.9 Å². The number of hydrogen-bond donors (Lipinski definition) is 1. The minimum atomic E-state index is -0.849. The molecule has 1 fully saturated rings. The topological polar surface area (TPSA) is 56.5 Å². The van der Waals surface area contributed by atoms with E-state index in [1.807, 2.05) is 35.8 Å². The minimum Gasteiger partial charge on any atom is -0.393 e. The van der Waals surface area contributed by atoms with Crippen molar-refractivity contribution in [2.45, 2.75) is 43.7 Å². The van der Waals surface area contributed by atoms with Crippen LogP contribution in [-0.4, -0.2) is 44.4 Å². The third kappa shape index (κ3) is 5.30. The first-order valence-electron chi connectivity index (χ1n) is 8.95.